The second-order valence-corrected chi connectivity index (χ2v) is 5.89. The van der Waals surface area contributed by atoms with E-state index in [0.29, 0.717) is 6.79 Å². The average Bonchev–Trinajstić information content (AvgIpc) is 2.54. The van der Waals surface area contributed by atoms with Crippen molar-refractivity contribution in [2.75, 3.05) is 20.5 Å². The molecule has 0 rings (SSSR count). The summed E-state index contributed by atoms with van der Waals surface area (Å²) in [6.45, 7) is 3.42. The van der Waals surface area contributed by atoms with Crippen molar-refractivity contribution >= 4 is 0 Å². The molecule has 0 aromatic rings. The van der Waals surface area contributed by atoms with Crippen LogP contribution in [0.5, 0.6) is 0 Å². The Labute approximate surface area is 139 Å². The molecule has 0 N–H and O–H groups in total. The van der Waals surface area contributed by atoms with Gasteiger partial charge in [-0.15, -0.1) is 0 Å². The Balaban J connectivity index is 3.08. The normalized spacial score (nSPS) is 11.9. The summed E-state index contributed by atoms with van der Waals surface area (Å²) in [4.78, 5) is 0. The highest BCUT2D eigenvalue weighted by Crippen LogP contribution is 2.09. The van der Waals surface area contributed by atoms with Crippen LogP contribution < -0.4 is 0 Å². The van der Waals surface area contributed by atoms with Gasteiger partial charge in [0.1, 0.15) is 6.79 Å². The van der Waals surface area contributed by atoms with Crippen molar-refractivity contribution in [3.63, 3.8) is 0 Å². The molecule has 2 heteroatoms. The number of hydrogen-bond acceptors (Lipinski definition) is 2. The minimum absolute atomic E-state index is 0.405. The molecule has 0 aliphatic carbocycles. The monoisotopic (exact) mass is 310 g/mol. The lowest BCUT2D eigenvalue weighted by Gasteiger charge is -2.00. The molecule has 22 heavy (non-hydrogen) atoms. The van der Waals surface area contributed by atoms with Gasteiger partial charge < -0.3 is 9.47 Å². The van der Waals surface area contributed by atoms with Gasteiger partial charge in [0, 0.05) is 7.11 Å². The SMILES string of the molecule is CCCC/C=C/CCCCCCCC/C=C\CCOCOC. The Morgan fingerprint density at radius 2 is 1.14 bits per heavy atom. The average molecular weight is 311 g/mol. The molecule has 0 saturated heterocycles. The molecule has 0 spiro atoms. The van der Waals surface area contributed by atoms with Crippen molar-refractivity contribution in [1.29, 1.82) is 0 Å². The zero-order valence-electron chi connectivity index (χ0n) is 15.0. The topological polar surface area (TPSA) is 18.5 Å². The van der Waals surface area contributed by atoms with E-state index in [1.165, 1.54) is 70.6 Å². The van der Waals surface area contributed by atoms with Gasteiger partial charge in [-0.1, -0.05) is 69.8 Å². The summed E-state index contributed by atoms with van der Waals surface area (Å²) in [6, 6.07) is 0. The number of allylic oxidation sites excluding steroid dienone is 3. The van der Waals surface area contributed by atoms with Crippen LogP contribution in [0.1, 0.15) is 84.0 Å². The number of ether oxygens (including phenoxy) is 2. The lowest BCUT2D eigenvalue weighted by Crippen LogP contribution is -1.96. The fourth-order valence-corrected chi connectivity index (χ4v) is 2.32. The van der Waals surface area contributed by atoms with E-state index < -0.39 is 0 Å². The third-order valence-electron chi connectivity index (χ3n) is 3.68. The van der Waals surface area contributed by atoms with Crippen molar-refractivity contribution in [2.45, 2.75) is 84.0 Å². The van der Waals surface area contributed by atoms with E-state index in [1.54, 1.807) is 7.11 Å². The van der Waals surface area contributed by atoms with E-state index in [9.17, 15) is 0 Å². The quantitative estimate of drug-likeness (QED) is 0.175. The minimum atomic E-state index is 0.405. The first kappa shape index (κ1) is 21.4. The van der Waals surface area contributed by atoms with Crippen LogP contribution in [-0.4, -0.2) is 20.5 Å². The highest BCUT2D eigenvalue weighted by molar-refractivity contribution is 4.81. The molecule has 0 radical (unpaired) electrons. The maximum Gasteiger partial charge on any atom is 0.146 e. The molecule has 0 aliphatic heterocycles. The van der Waals surface area contributed by atoms with Gasteiger partial charge in [0.25, 0.3) is 0 Å². The Morgan fingerprint density at radius 1 is 0.636 bits per heavy atom. The zero-order valence-corrected chi connectivity index (χ0v) is 15.0. The number of hydrogen-bond donors (Lipinski definition) is 0. The second kappa shape index (κ2) is 20.4. The summed E-state index contributed by atoms with van der Waals surface area (Å²) < 4.78 is 10.0. The summed E-state index contributed by atoms with van der Waals surface area (Å²) in [5, 5.41) is 0. The van der Waals surface area contributed by atoms with Crippen LogP contribution in [-0.2, 0) is 9.47 Å². The highest BCUT2D eigenvalue weighted by atomic mass is 16.7. The third kappa shape index (κ3) is 19.4. The van der Waals surface area contributed by atoms with Crippen molar-refractivity contribution in [3.8, 4) is 0 Å². The van der Waals surface area contributed by atoms with Crippen LogP contribution in [0.4, 0.5) is 0 Å². The molecule has 0 amide bonds. The lowest BCUT2D eigenvalue weighted by atomic mass is 10.1. The minimum Gasteiger partial charge on any atom is -0.359 e. The maximum absolute atomic E-state index is 5.22. The van der Waals surface area contributed by atoms with Gasteiger partial charge in [-0.3, -0.25) is 0 Å². The molecule has 0 atom stereocenters. The van der Waals surface area contributed by atoms with Crippen molar-refractivity contribution in [3.05, 3.63) is 24.3 Å². The van der Waals surface area contributed by atoms with Gasteiger partial charge in [-0.05, 0) is 38.5 Å². The Kier molecular flexibility index (Phi) is 19.8. The fourth-order valence-electron chi connectivity index (χ4n) is 2.32. The molecule has 0 aliphatic rings. The van der Waals surface area contributed by atoms with E-state index >= 15 is 0 Å². The maximum atomic E-state index is 5.22. The van der Waals surface area contributed by atoms with Crippen molar-refractivity contribution in [2.24, 2.45) is 0 Å². The Hall–Kier alpha value is -0.600. The van der Waals surface area contributed by atoms with Gasteiger partial charge in [-0.25, -0.2) is 0 Å². The predicted molar refractivity (Wildman–Crippen MR) is 97.2 cm³/mol. The highest BCUT2D eigenvalue weighted by Gasteiger charge is 1.90. The van der Waals surface area contributed by atoms with Crippen LogP contribution in [0.3, 0.4) is 0 Å². The molecule has 0 bridgehead atoms. The first-order valence-electron chi connectivity index (χ1n) is 9.28. The van der Waals surface area contributed by atoms with Crippen LogP contribution in [0.2, 0.25) is 0 Å². The van der Waals surface area contributed by atoms with Gasteiger partial charge >= 0.3 is 0 Å². The van der Waals surface area contributed by atoms with E-state index in [4.69, 9.17) is 9.47 Å². The molecular formula is C20H38O2. The van der Waals surface area contributed by atoms with E-state index in [-0.39, 0.29) is 0 Å². The Morgan fingerprint density at radius 3 is 1.68 bits per heavy atom. The van der Waals surface area contributed by atoms with E-state index in [2.05, 4.69) is 31.2 Å². The largest absolute Gasteiger partial charge is 0.359 e. The standard InChI is InChI=1S/C20H38O2/c1-3-4-5-6-7-8-9-10-11-12-13-14-15-16-17-18-19-22-20-21-2/h6-7,16-17H,3-5,8-15,18-20H2,1-2H3/b7-6+,17-16-. The molecule has 2 nitrogen and oxygen atoms in total. The smallest absolute Gasteiger partial charge is 0.146 e. The first-order chi connectivity index (χ1) is 10.9. The fraction of sp³-hybridized carbons (Fsp3) is 0.800. The predicted octanol–water partition coefficient (Wildman–Crippen LogP) is 6.42. The van der Waals surface area contributed by atoms with Crippen LogP contribution in [0, 0.1) is 0 Å². The summed E-state index contributed by atoms with van der Waals surface area (Å²) in [5.41, 5.74) is 0. The molecule has 0 unspecified atom stereocenters. The van der Waals surface area contributed by atoms with Crippen LogP contribution in [0.25, 0.3) is 0 Å². The van der Waals surface area contributed by atoms with Crippen molar-refractivity contribution in [1.82, 2.24) is 0 Å². The molecule has 0 saturated carbocycles. The van der Waals surface area contributed by atoms with Gasteiger partial charge in [0.2, 0.25) is 0 Å². The number of methoxy groups -OCH3 is 1. The summed E-state index contributed by atoms with van der Waals surface area (Å²) >= 11 is 0. The van der Waals surface area contributed by atoms with Gasteiger partial charge in [-0.2, -0.15) is 0 Å². The Bertz CT molecular complexity index is 246. The first-order valence-corrected chi connectivity index (χ1v) is 9.28. The summed E-state index contributed by atoms with van der Waals surface area (Å²) in [5.74, 6) is 0. The zero-order chi connectivity index (χ0) is 16.1. The molecule has 0 aromatic heterocycles. The van der Waals surface area contributed by atoms with E-state index in [1.807, 2.05) is 0 Å². The lowest BCUT2D eigenvalue weighted by molar-refractivity contribution is -0.0285. The summed E-state index contributed by atoms with van der Waals surface area (Å²) in [6.07, 6.45) is 24.9. The van der Waals surface area contributed by atoms with E-state index in [0.717, 1.165) is 13.0 Å². The molecule has 0 aromatic carbocycles. The third-order valence-corrected chi connectivity index (χ3v) is 3.68. The van der Waals surface area contributed by atoms with Crippen LogP contribution >= 0.6 is 0 Å². The summed E-state index contributed by atoms with van der Waals surface area (Å²) in [7, 11) is 1.65. The van der Waals surface area contributed by atoms with Gasteiger partial charge in [0.05, 0.1) is 6.61 Å². The molecule has 0 fully saturated rings. The van der Waals surface area contributed by atoms with Crippen molar-refractivity contribution < 1.29 is 9.47 Å². The molecular weight excluding hydrogens is 272 g/mol. The number of rotatable bonds is 17. The van der Waals surface area contributed by atoms with Gasteiger partial charge in [0.15, 0.2) is 0 Å². The van der Waals surface area contributed by atoms with Crippen LogP contribution in [0.15, 0.2) is 24.3 Å². The molecule has 0 heterocycles. The number of unbranched alkanes of at least 4 members (excludes halogenated alkanes) is 9. The molecule has 130 valence electrons. The second-order valence-electron chi connectivity index (χ2n) is 5.89.